The summed E-state index contributed by atoms with van der Waals surface area (Å²) < 4.78 is 29.5. The molecule has 1 aliphatic heterocycles. The van der Waals surface area contributed by atoms with E-state index >= 15 is 0 Å². The van der Waals surface area contributed by atoms with Gasteiger partial charge in [-0.2, -0.15) is 0 Å². The summed E-state index contributed by atoms with van der Waals surface area (Å²) in [6.07, 6.45) is 6.00. The lowest BCUT2D eigenvalue weighted by Crippen LogP contribution is -2.65. The fourth-order valence-corrected chi connectivity index (χ4v) is 4.74. The summed E-state index contributed by atoms with van der Waals surface area (Å²) in [4.78, 5) is 18.1. The third-order valence-electron chi connectivity index (χ3n) is 6.23. The molecule has 1 amide bonds. The first-order valence-electron chi connectivity index (χ1n) is 11.8. The maximum atomic E-state index is 12.0. The zero-order valence-corrected chi connectivity index (χ0v) is 21.3. The molecule has 1 spiro atoms. The highest BCUT2D eigenvalue weighted by atomic mass is 79.9. The van der Waals surface area contributed by atoms with Crippen LogP contribution in [0.2, 0.25) is 0 Å². The number of pyridine rings is 1. The summed E-state index contributed by atoms with van der Waals surface area (Å²) in [6, 6.07) is 3.79. The summed E-state index contributed by atoms with van der Waals surface area (Å²) in [7, 11) is 0. The average molecular weight is 527 g/mol. The topological polar surface area (TPSA) is 79.4 Å². The van der Waals surface area contributed by atoms with E-state index in [1.165, 1.54) is 0 Å². The van der Waals surface area contributed by atoms with E-state index in [9.17, 15) is 4.79 Å². The number of halogens is 1. The van der Waals surface area contributed by atoms with E-state index in [0.29, 0.717) is 32.3 Å². The average Bonchev–Trinajstić information content (AvgIpc) is 2.64. The number of nitrogens with zero attached hydrogens (tertiary/aromatic N) is 2. The smallest absolute Gasteiger partial charge is 0.410 e. The quantitative estimate of drug-likeness (QED) is 0.422. The van der Waals surface area contributed by atoms with Gasteiger partial charge in [-0.15, -0.1) is 0 Å². The molecule has 184 valence electrons. The minimum Gasteiger partial charge on any atom is -0.474 e. The van der Waals surface area contributed by atoms with Gasteiger partial charge in [-0.05, 0) is 55.6 Å². The van der Waals surface area contributed by atoms with Crippen LogP contribution in [-0.4, -0.2) is 79.4 Å². The van der Waals surface area contributed by atoms with Gasteiger partial charge >= 0.3 is 6.09 Å². The van der Waals surface area contributed by atoms with Gasteiger partial charge in [0.05, 0.1) is 38.6 Å². The second-order valence-electron chi connectivity index (χ2n) is 10.4. The standard InChI is InChI=1S/C24H35BrN2O6/c1-23(2,3)33-22(28)27-15-24(16-27)12-20(13-24)31-9-7-29-6-8-30-18-10-19(11-18)32-21-5-4-17(25)14-26-21/h4-5,14,18-20H,6-13,15-16H2,1-3H3. The largest absolute Gasteiger partial charge is 0.474 e. The number of rotatable bonds is 10. The molecule has 4 rings (SSSR count). The monoisotopic (exact) mass is 526 g/mol. The van der Waals surface area contributed by atoms with E-state index in [4.69, 9.17) is 23.7 Å². The van der Waals surface area contributed by atoms with Gasteiger partial charge < -0.3 is 28.6 Å². The first kappa shape index (κ1) is 24.7. The Bertz CT molecular complexity index is 779. The van der Waals surface area contributed by atoms with E-state index in [2.05, 4.69) is 20.9 Å². The van der Waals surface area contributed by atoms with Crippen molar-refractivity contribution in [2.45, 2.75) is 70.4 Å². The molecule has 0 aromatic carbocycles. The Labute approximate surface area is 204 Å². The van der Waals surface area contributed by atoms with E-state index in [1.807, 2.05) is 32.9 Å². The summed E-state index contributed by atoms with van der Waals surface area (Å²) in [5, 5.41) is 0. The molecule has 2 heterocycles. The van der Waals surface area contributed by atoms with Crippen molar-refractivity contribution in [2.24, 2.45) is 5.41 Å². The first-order chi connectivity index (χ1) is 15.7. The van der Waals surface area contributed by atoms with Crippen LogP contribution in [0.5, 0.6) is 5.88 Å². The van der Waals surface area contributed by atoms with Crippen molar-refractivity contribution < 1.29 is 28.5 Å². The Balaban J connectivity index is 0.949. The van der Waals surface area contributed by atoms with E-state index in [-0.39, 0.29) is 29.8 Å². The molecule has 3 fully saturated rings. The Morgan fingerprint density at radius 3 is 2.33 bits per heavy atom. The molecule has 0 bridgehead atoms. The minimum atomic E-state index is -0.442. The Morgan fingerprint density at radius 1 is 1.06 bits per heavy atom. The molecule has 2 aliphatic carbocycles. The van der Waals surface area contributed by atoms with Crippen molar-refractivity contribution in [1.29, 1.82) is 0 Å². The van der Waals surface area contributed by atoms with Crippen LogP contribution in [0.25, 0.3) is 0 Å². The Kier molecular flexibility index (Phi) is 7.83. The number of likely N-dealkylation sites (tertiary alicyclic amines) is 1. The van der Waals surface area contributed by atoms with Gasteiger partial charge in [-0.3, -0.25) is 0 Å². The number of ether oxygens (including phenoxy) is 5. The molecule has 1 aromatic rings. The highest BCUT2D eigenvalue weighted by molar-refractivity contribution is 9.10. The fraction of sp³-hybridized carbons (Fsp3) is 0.750. The zero-order chi connectivity index (χ0) is 23.5. The van der Waals surface area contributed by atoms with Gasteiger partial charge in [0.15, 0.2) is 0 Å². The number of hydrogen-bond acceptors (Lipinski definition) is 7. The molecular formula is C24H35BrN2O6. The van der Waals surface area contributed by atoms with Crippen molar-refractivity contribution in [3.8, 4) is 5.88 Å². The van der Waals surface area contributed by atoms with Crippen molar-refractivity contribution >= 4 is 22.0 Å². The van der Waals surface area contributed by atoms with Crippen LogP contribution in [0, 0.1) is 5.41 Å². The van der Waals surface area contributed by atoms with Crippen LogP contribution in [0.3, 0.4) is 0 Å². The summed E-state index contributed by atoms with van der Waals surface area (Å²) >= 11 is 3.37. The van der Waals surface area contributed by atoms with Crippen molar-refractivity contribution in [3.05, 3.63) is 22.8 Å². The van der Waals surface area contributed by atoms with Gasteiger partial charge in [0.2, 0.25) is 5.88 Å². The molecule has 3 aliphatic rings. The lowest BCUT2D eigenvalue weighted by molar-refractivity contribution is -0.152. The summed E-state index contributed by atoms with van der Waals surface area (Å²) in [6.45, 7) is 9.56. The lowest BCUT2D eigenvalue weighted by Gasteiger charge is -2.58. The Hall–Kier alpha value is -1.42. The maximum Gasteiger partial charge on any atom is 0.410 e. The Morgan fingerprint density at radius 2 is 1.73 bits per heavy atom. The van der Waals surface area contributed by atoms with E-state index in [0.717, 1.165) is 43.2 Å². The normalized spacial score (nSPS) is 24.1. The van der Waals surface area contributed by atoms with E-state index in [1.54, 1.807) is 11.1 Å². The van der Waals surface area contributed by atoms with Crippen molar-refractivity contribution in [3.63, 3.8) is 0 Å². The van der Waals surface area contributed by atoms with E-state index < -0.39 is 5.60 Å². The predicted molar refractivity (Wildman–Crippen MR) is 125 cm³/mol. The van der Waals surface area contributed by atoms with Gasteiger partial charge in [-0.25, -0.2) is 9.78 Å². The van der Waals surface area contributed by atoms with Crippen LogP contribution in [0.15, 0.2) is 22.8 Å². The predicted octanol–water partition coefficient (Wildman–Crippen LogP) is 4.20. The molecule has 0 atom stereocenters. The van der Waals surface area contributed by atoms with Gasteiger partial charge in [0, 0.05) is 48.1 Å². The van der Waals surface area contributed by atoms with Gasteiger partial charge in [0.25, 0.3) is 0 Å². The molecule has 0 unspecified atom stereocenters. The number of carbonyl (C=O) groups excluding carboxylic acids is 1. The van der Waals surface area contributed by atoms with Gasteiger partial charge in [0.1, 0.15) is 11.7 Å². The van der Waals surface area contributed by atoms with Crippen LogP contribution >= 0.6 is 15.9 Å². The molecule has 9 heteroatoms. The SMILES string of the molecule is CC(C)(C)OC(=O)N1CC2(CC(OCCOCCOC3CC(Oc4ccc(Br)cn4)C3)C2)C1. The second-order valence-corrected chi connectivity index (χ2v) is 11.3. The van der Waals surface area contributed by atoms with Crippen LogP contribution in [0.4, 0.5) is 4.79 Å². The minimum absolute atomic E-state index is 0.177. The fourth-order valence-electron chi connectivity index (χ4n) is 4.50. The third kappa shape index (κ3) is 7.04. The van der Waals surface area contributed by atoms with Crippen molar-refractivity contribution in [1.82, 2.24) is 9.88 Å². The highest BCUT2D eigenvalue weighted by Gasteiger charge is 2.54. The van der Waals surface area contributed by atoms with Crippen LogP contribution < -0.4 is 4.74 Å². The summed E-state index contributed by atoms with van der Waals surface area (Å²) in [5.41, 5.74) is -0.197. The lowest BCUT2D eigenvalue weighted by atomic mass is 9.62. The number of carbonyl (C=O) groups is 1. The molecule has 1 aromatic heterocycles. The second kappa shape index (κ2) is 10.5. The number of hydrogen-bond donors (Lipinski definition) is 0. The summed E-state index contributed by atoms with van der Waals surface area (Å²) in [5.74, 6) is 0.653. The molecule has 1 saturated heterocycles. The highest BCUT2D eigenvalue weighted by Crippen LogP contribution is 2.49. The molecule has 0 radical (unpaired) electrons. The molecule has 2 saturated carbocycles. The number of aromatic nitrogens is 1. The van der Waals surface area contributed by atoms with Crippen LogP contribution in [0.1, 0.15) is 46.5 Å². The third-order valence-corrected chi connectivity index (χ3v) is 6.70. The van der Waals surface area contributed by atoms with Gasteiger partial charge in [-0.1, -0.05) is 0 Å². The number of amides is 1. The molecule has 33 heavy (non-hydrogen) atoms. The molecule has 0 N–H and O–H groups in total. The van der Waals surface area contributed by atoms with Crippen LogP contribution in [-0.2, 0) is 18.9 Å². The molecular weight excluding hydrogens is 492 g/mol. The first-order valence-corrected chi connectivity index (χ1v) is 12.6. The maximum absolute atomic E-state index is 12.0. The van der Waals surface area contributed by atoms with Crippen molar-refractivity contribution in [2.75, 3.05) is 39.5 Å². The molecule has 8 nitrogen and oxygen atoms in total. The zero-order valence-electron chi connectivity index (χ0n) is 19.8.